The van der Waals surface area contributed by atoms with Crippen molar-refractivity contribution in [3.63, 3.8) is 0 Å². The zero-order valence-electron chi connectivity index (χ0n) is 11.8. The molecule has 1 aliphatic rings. The number of rotatable bonds is 3. The molecule has 1 aliphatic heterocycles. The summed E-state index contributed by atoms with van der Waals surface area (Å²) in [5.74, 6) is 0.530. The van der Waals surface area contributed by atoms with Crippen molar-refractivity contribution in [3.8, 4) is 5.75 Å². The van der Waals surface area contributed by atoms with Crippen LogP contribution in [0, 0.1) is 0 Å². The van der Waals surface area contributed by atoms with Crippen LogP contribution in [0.15, 0.2) is 36.4 Å². The van der Waals surface area contributed by atoms with Crippen LogP contribution in [0.2, 0.25) is 0 Å². The first-order valence-electron chi connectivity index (χ1n) is 7.35. The fourth-order valence-electron chi connectivity index (χ4n) is 2.77. The Bertz CT molecular complexity index is 654. The zero-order valence-corrected chi connectivity index (χ0v) is 11.8. The van der Waals surface area contributed by atoms with Gasteiger partial charge in [0.15, 0.2) is 6.10 Å². The van der Waals surface area contributed by atoms with Gasteiger partial charge in [-0.25, -0.2) is 0 Å². The highest BCUT2D eigenvalue weighted by molar-refractivity contribution is 5.88. The number of ether oxygens (including phenoxy) is 1. The Labute approximate surface area is 123 Å². The van der Waals surface area contributed by atoms with Crippen LogP contribution < -0.4 is 10.1 Å². The van der Waals surface area contributed by atoms with E-state index in [4.69, 9.17) is 4.74 Å². The maximum atomic E-state index is 12.0. The molecule has 21 heavy (non-hydrogen) atoms. The second-order valence-corrected chi connectivity index (χ2v) is 5.31. The van der Waals surface area contributed by atoms with Gasteiger partial charge in [-0.05, 0) is 36.1 Å². The monoisotopic (exact) mass is 285 g/mol. The molecule has 2 aromatic carbocycles. The number of amides is 1. The van der Waals surface area contributed by atoms with Gasteiger partial charge >= 0.3 is 0 Å². The van der Waals surface area contributed by atoms with Crippen LogP contribution in [-0.2, 0) is 11.4 Å². The van der Waals surface area contributed by atoms with E-state index in [0.29, 0.717) is 18.7 Å². The number of aliphatic hydroxyl groups is 1. The standard InChI is InChI=1S/C17H19NO3/c19-11-14-13-6-2-1-5-12(13)8-9-15(14)21-16-7-3-4-10-18-17(16)20/h1-2,5-6,8-9,16,19H,3-4,7,10-11H2,(H,18,20). The minimum absolute atomic E-state index is 0.0652. The maximum Gasteiger partial charge on any atom is 0.261 e. The molecule has 3 rings (SSSR count). The lowest BCUT2D eigenvalue weighted by molar-refractivity contribution is -0.127. The Hall–Kier alpha value is -2.07. The molecule has 2 aromatic rings. The van der Waals surface area contributed by atoms with E-state index in [1.165, 1.54) is 0 Å². The van der Waals surface area contributed by atoms with Crippen molar-refractivity contribution in [2.24, 2.45) is 0 Å². The minimum atomic E-state index is -0.473. The minimum Gasteiger partial charge on any atom is -0.480 e. The Morgan fingerprint density at radius 2 is 2.05 bits per heavy atom. The van der Waals surface area contributed by atoms with Crippen LogP contribution in [0.4, 0.5) is 0 Å². The number of carbonyl (C=O) groups excluding carboxylic acids is 1. The molecule has 1 atom stereocenters. The summed E-state index contributed by atoms with van der Waals surface area (Å²) in [6.45, 7) is 0.605. The maximum absolute atomic E-state index is 12.0. The van der Waals surface area contributed by atoms with Gasteiger partial charge in [0.25, 0.3) is 5.91 Å². The predicted octanol–water partition coefficient (Wildman–Crippen LogP) is 2.38. The highest BCUT2D eigenvalue weighted by Crippen LogP contribution is 2.29. The van der Waals surface area contributed by atoms with Crippen LogP contribution in [0.5, 0.6) is 5.75 Å². The van der Waals surface area contributed by atoms with Gasteiger partial charge in [-0.1, -0.05) is 30.3 Å². The number of benzene rings is 2. The highest BCUT2D eigenvalue weighted by atomic mass is 16.5. The van der Waals surface area contributed by atoms with Gasteiger partial charge in [0.2, 0.25) is 0 Å². The highest BCUT2D eigenvalue weighted by Gasteiger charge is 2.23. The summed E-state index contributed by atoms with van der Waals surface area (Å²) in [6, 6.07) is 11.6. The molecule has 1 unspecified atom stereocenters. The van der Waals surface area contributed by atoms with E-state index in [0.717, 1.165) is 29.2 Å². The zero-order chi connectivity index (χ0) is 14.7. The lowest BCUT2D eigenvalue weighted by Crippen LogP contribution is -2.36. The van der Waals surface area contributed by atoms with Crippen LogP contribution in [0.3, 0.4) is 0 Å². The van der Waals surface area contributed by atoms with E-state index in [9.17, 15) is 9.90 Å². The number of hydrogen-bond acceptors (Lipinski definition) is 3. The van der Waals surface area contributed by atoms with Gasteiger partial charge in [0.05, 0.1) is 6.61 Å². The Morgan fingerprint density at radius 1 is 1.19 bits per heavy atom. The SMILES string of the molecule is O=C1NCCCCC1Oc1ccc2ccccc2c1CO. The molecule has 110 valence electrons. The Morgan fingerprint density at radius 3 is 2.90 bits per heavy atom. The molecule has 4 heteroatoms. The summed E-state index contributed by atoms with van der Waals surface area (Å²) < 4.78 is 5.91. The van der Waals surface area contributed by atoms with Crippen LogP contribution in [0.1, 0.15) is 24.8 Å². The van der Waals surface area contributed by atoms with Gasteiger partial charge < -0.3 is 15.2 Å². The summed E-state index contributed by atoms with van der Waals surface area (Å²) in [5.41, 5.74) is 0.741. The van der Waals surface area contributed by atoms with E-state index < -0.39 is 6.10 Å². The third-order valence-electron chi connectivity index (χ3n) is 3.91. The van der Waals surface area contributed by atoms with Gasteiger partial charge in [-0.3, -0.25) is 4.79 Å². The van der Waals surface area contributed by atoms with Crippen molar-refractivity contribution in [3.05, 3.63) is 42.0 Å². The lowest BCUT2D eigenvalue weighted by Gasteiger charge is -2.19. The molecule has 1 fully saturated rings. The molecule has 0 radical (unpaired) electrons. The lowest BCUT2D eigenvalue weighted by atomic mass is 10.0. The number of nitrogens with one attached hydrogen (secondary N) is 1. The molecule has 4 nitrogen and oxygen atoms in total. The topological polar surface area (TPSA) is 58.6 Å². The van der Waals surface area contributed by atoms with Gasteiger partial charge in [0.1, 0.15) is 5.75 Å². The van der Waals surface area contributed by atoms with E-state index in [1.54, 1.807) is 0 Å². The number of carbonyl (C=O) groups is 1. The van der Waals surface area contributed by atoms with Crippen LogP contribution in [0.25, 0.3) is 10.8 Å². The summed E-state index contributed by atoms with van der Waals surface area (Å²) >= 11 is 0. The van der Waals surface area contributed by atoms with Crippen molar-refractivity contribution >= 4 is 16.7 Å². The molecule has 2 N–H and O–H groups in total. The summed E-state index contributed by atoms with van der Waals surface area (Å²) in [6.07, 6.45) is 2.18. The first-order valence-corrected chi connectivity index (χ1v) is 7.35. The molecule has 1 heterocycles. The fraction of sp³-hybridized carbons (Fsp3) is 0.353. The first kappa shape index (κ1) is 13.9. The second kappa shape index (κ2) is 6.14. The summed E-state index contributed by atoms with van der Waals surface area (Å²) in [7, 11) is 0. The molecule has 0 bridgehead atoms. The summed E-state index contributed by atoms with van der Waals surface area (Å²) in [4.78, 5) is 12.0. The Balaban J connectivity index is 1.94. The van der Waals surface area contributed by atoms with Gasteiger partial charge in [-0.15, -0.1) is 0 Å². The molecule has 0 saturated carbocycles. The van der Waals surface area contributed by atoms with Crippen molar-refractivity contribution in [2.45, 2.75) is 32.0 Å². The van der Waals surface area contributed by atoms with Gasteiger partial charge in [0, 0.05) is 12.1 Å². The average Bonchev–Trinajstić information content (AvgIpc) is 2.72. The number of hydrogen-bond donors (Lipinski definition) is 2. The van der Waals surface area contributed by atoms with Crippen molar-refractivity contribution < 1.29 is 14.6 Å². The predicted molar refractivity (Wildman–Crippen MR) is 81.1 cm³/mol. The molecule has 0 aliphatic carbocycles. The van der Waals surface area contributed by atoms with Crippen molar-refractivity contribution in [1.82, 2.24) is 5.32 Å². The number of fused-ring (bicyclic) bond motifs is 1. The fourth-order valence-corrected chi connectivity index (χ4v) is 2.77. The van der Waals surface area contributed by atoms with Crippen molar-refractivity contribution in [1.29, 1.82) is 0 Å². The quantitative estimate of drug-likeness (QED) is 0.910. The average molecular weight is 285 g/mol. The third kappa shape index (κ3) is 2.85. The molecule has 1 saturated heterocycles. The summed E-state index contributed by atoms with van der Waals surface area (Å²) in [5, 5.41) is 14.6. The molecular formula is C17H19NO3. The van der Waals surface area contributed by atoms with E-state index in [-0.39, 0.29) is 12.5 Å². The molecule has 1 amide bonds. The van der Waals surface area contributed by atoms with Crippen LogP contribution >= 0.6 is 0 Å². The first-order chi connectivity index (χ1) is 10.3. The molecular weight excluding hydrogens is 266 g/mol. The van der Waals surface area contributed by atoms with Crippen molar-refractivity contribution in [2.75, 3.05) is 6.54 Å². The molecule has 0 aromatic heterocycles. The van der Waals surface area contributed by atoms with Crippen LogP contribution in [-0.4, -0.2) is 23.7 Å². The van der Waals surface area contributed by atoms with E-state index >= 15 is 0 Å². The van der Waals surface area contributed by atoms with E-state index in [2.05, 4.69) is 5.32 Å². The normalized spacial score (nSPS) is 19.1. The smallest absolute Gasteiger partial charge is 0.261 e. The second-order valence-electron chi connectivity index (χ2n) is 5.31. The van der Waals surface area contributed by atoms with E-state index in [1.807, 2.05) is 36.4 Å². The molecule has 0 spiro atoms. The number of aliphatic hydroxyl groups excluding tert-OH is 1. The third-order valence-corrected chi connectivity index (χ3v) is 3.91. The Kier molecular flexibility index (Phi) is 4.06. The largest absolute Gasteiger partial charge is 0.480 e. The van der Waals surface area contributed by atoms with Gasteiger partial charge in [-0.2, -0.15) is 0 Å².